The quantitative estimate of drug-likeness (QED) is 0.898. The van der Waals surface area contributed by atoms with Crippen LogP contribution < -0.4 is 5.32 Å². The van der Waals surface area contributed by atoms with Gasteiger partial charge in [0, 0.05) is 17.5 Å². The van der Waals surface area contributed by atoms with Crippen molar-refractivity contribution in [1.29, 1.82) is 0 Å². The van der Waals surface area contributed by atoms with E-state index in [2.05, 4.69) is 43.6 Å². The van der Waals surface area contributed by atoms with Crippen LogP contribution in [0.4, 0.5) is 0 Å². The third-order valence-electron chi connectivity index (χ3n) is 2.26. The highest BCUT2D eigenvalue weighted by Crippen LogP contribution is 2.30. The number of rotatable bonds is 4. The zero-order valence-corrected chi connectivity index (χ0v) is 11.4. The number of hydrogen-bond acceptors (Lipinski definition) is 4. The largest absolute Gasteiger partial charge is 0.308 e. The van der Waals surface area contributed by atoms with Gasteiger partial charge in [-0.25, -0.2) is 4.98 Å². The molecule has 1 N–H and O–H groups in total. The second kappa shape index (κ2) is 5.08. The van der Waals surface area contributed by atoms with Crippen LogP contribution in [0.3, 0.4) is 0 Å². The van der Waals surface area contributed by atoms with Crippen LogP contribution in [0.5, 0.6) is 0 Å². The first-order valence-corrected chi connectivity index (χ1v) is 7.10. The molecular formula is C12H16N2S2. The van der Waals surface area contributed by atoms with Crippen LogP contribution >= 0.6 is 22.7 Å². The number of hydrogen-bond donors (Lipinski definition) is 1. The SMILES string of the molecule is Cc1sc(CNC(C)C)nc1-c1cccs1. The van der Waals surface area contributed by atoms with Gasteiger partial charge in [0.1, 0.15) is 5.01 Å². The van der Waals surface area contributed by atoms with Crippen molar-refractivity contribution in [2.45, 2.75) is 33.4 Å². The van der Waals surface area contributed by atoms with E-state index in [-0.39, 0.29) is 0 Å². The Morgan fingerprint density at radius 1 is 1.44 bits per heavy atom. The second-order valence-electron chi connectivity index (χ2n) is 4.03. The summed E-state index contributed by atoms with van der Waals surface area (Å²) in [5.74, 6) is 0. The molecule has 16 heavy (non-hydrogen) atoms. The van der Waals surface area contributed by atoms with E-state index < -0.39 is 0 Å². The molecule has 0 saturated carbocycles. The summed E-state index contributed by atoms with van der Waals surface area (Å²) in [5.41, 5.74) is 1.15. The van der Waals surface area contributed by atoms with Crippen molar-refractivity contribution in [1.82, 2.24) is 10.3 Å². The van der Waals surface area contributed by atoms with Gasteiger partial charge in [0.05, 0.1) is 10.6 Å². The lowest BCUT2D eigenvalue weighted by molar-refractivity contribution is 0.587. The van der Waals surface area contributed by atoms with Crippen molar-refractivity contribution >= 4 is 22.7 Å². The summed E-state index contributed by atoms with van der Waals surface area (Å²) in [5, 5.41) is 6.67. The molecule has 0 radical (unpaired) electrons. The molecular weight excluding hydrogens is 236 g/mol. The molecule has 2 heterocycles. The van der Waals surface area contributed by atoms with Gasteiger partial charge in [-0.05, 0) is 18.4 Å². The predicted molar refractivity (Wildman–Crippen MR) is 72.1 cm³/mol. The molecule has 0 atom stereocenters. The summed E-state index contributed by atoms with van der Waals surface area (Å²) < 4.78 is 0. The normalized spacial score (nSPS) is 11.2. The van der Waals surface area contributed by atoms with E-state index in [1.165, 1.54) is 14.8 Å². The molecule has 2 rings (SSSR count). The molecule has 0 aliphatic heterocycles. The molecule has 2 aromatic rings. The minimum Gasteiger partial charge on any atom is -0.308 e. The van der Waals surface area contributed by atoms with E-state index in [9.17, 15) is 0 Å². The van der Waals surface area contributed by atoms with Crippen molar-refractivity contribution in [3.63, 3.8) is 0 Å². The Hall–Kier alpha value is -0.710. The summed E-state index contributed by atoms with van der Waals surface area (Å²) in [6.45, 7) is 7.32. The molecule has 0 amide bonds. The molecule has 0 unspecified atom stereocenters. The first kappa shape index (κ1) is 11.8. The molecule has 0 aliphatic carbocycles. The molecule has 0 fully saturated rings. The molecule has 2 aromatic heterocycles. The highest BCUT2D eigenvalue weighted by molar-refractivity contribution is 7.15. The van der Waals surface area contributed by atoms with Crippen molar-refractivity contribution in [3.05, 3.63) is 27.4 Å². The smallest absolute Gasteiger partial charge is 0.107 e. The van der Waals surface area contributed by atoms with Crippen molar-refractivity contribution in [2.75, 3.05) is 0 Å². The van der Waals surface area contributed by atoms with Gasteiger partial charge in [0.15, 0.2) is 0 Å². The van der Waals surface area contributed by atoms with E-state index in [0.717, 1.165) is 12.2 Å². The van der Waals surface area contributed by atoms with Crippen LogP contribution in [0.25, 0.3) is 10.6 Å². The zero-order chi connectivity index (χ0) is 11.5. The van der Waals surface area contributed by atoms with E-state index in [4.69, 9.17) is 4.98 Å². The first-order valence-electron chi connectivity index (χ1n) is 5.40. The van der Waals surface area contributed by atoms with E-state index >= 15 is 0 Å². The summed E-state index contributed by atoms with van der Waals surface area (Å²) >= 11 is 3.54. The van der Waals surface area contributed by atoms with Crippen LogP contribution in [-0.2, 0) is 6.54 Å². The van der Waals surface area contributed by atoms with E-state index in [1.807, 2.05) is 0 Å². The van der Waals surface area contributed by atoms with Gasteiger partial charge < -0.3 is 5.32 Å². The maximum Gasteiger partial charge on any atom is 0.107 e. The lowest BCUT2D eigenvalue weighted by Gasteiger charge is -2.04. The van der Waals surface area contributed by atoms with Gasteiger partial charge in [0.2, 0.25) is 0 Å². The lowest BCUT2D eigenvalue weighted by Crippen LogP contribution is -2.21. The summed E-state index contributed by atoms with van der Waals surface area (Å²) in [7, 11) is 0. The minimum atomic E-state index is 0.509. The number of nitrogens with one attached hydrogen (secondary N) is 1. The molecule has 86 valence electrons. The Morgan fingerprint density at radius 3 is 2.88 bits per heavy atom. The lowest BCUT2D eigenvalue weighted by atomic mass is 10.3. The molecule has 2 nitrogen and oxygen atoms in total. The Bertz CT molecular complexity index is 444. The molecule has 0 bridgehead atoms. The maximum absolute atomic E-state index is 4.69. The van der Waals surface area contributed by atoms with E-state index in [0.29, 0.717) is 6.04 Å². The van der Waals surface area contributed by atoms with Crippen molar-refractivity contribution < 1.29 is 0 Å². The maximum atomic E-state index is 4.69. The van der Waals surface area contributed by atoms with Crippen LogP contribution in [0.2, 0.25) is 0 Å². The fraction of sp³-hybridized carbons (Fsp3) is 0.417. The van der Waals surface area contributed by atoms with Crippen molar-refractivity contribution in [3.8, 4) is 10.6 Å². The molecule has 0 aromatic carbocycles. The zero-order valence-electron chi connectivity index (χ0n) is 9.78. The van der Waals surface area contributed by atoms with Crippen LogP contribution in [-0.4, -0.2) is 11.0 Å². The topological polar surface area (TPSA) is 24.9 Å². The molecule has 0 spiro atoms. The van der Waals surface area contributed by atoms with Gasteiger partial charge in [-0.2, -0.15) is 0 Å². The average Bonchev–Trinajstić information content (AvgIpc) is 2.83. The van der Waals surface area contributed by atoms with Gasteiger partial charge in [-0.15, -0.1) is 22.7 Å². The van der Waals surface area contributed by atoms with Gasteiger partial charge in [-0.3, -0.25) is 0 Å². The molecule has 4 heteroatoms. The standard InChI is InChI=1S/C12H16N2S2/c1-8(2)13-7-11-14-12(9(3)16-11)10-5-4-6-15-10/h4-6,8,13H,7H2,1-3H3. The van der Waals surface area contributed by atoms with Gasteiger partial charge >= 0.3 is 0 Å². The number of aromatic nitrogens is 1. The number of aryl methyl sites for hydroxylation is 1. The number of nitrogens with zero attached hydrogens (tertiary/aromatic N) is 1. The fourth-order valence-electron chi connectivity index (χ4n) is 1.46. The highest BCUT2D eigenvalue weighted by Gasteiger charge is 2.10. The van der Waals surface area contributed by atoms with Crippen molar-refractivity contribution in [2.24, 2.45) is 0 Å². The van der Waals surface area contributed by atoms with Crippen LogP contribution in [0.1, 0.15) is 23.7 Å². The average molecular weight is 252 g/mol. The fourth-order valence-corrected chi connectivity index (χ4v) is 3.19. The first-order chi connectivity index (χ1) is 7.66. The second-order valence-corrected chi connectivity index (χ2v) is 6.26. The van der Waals surface area contributed by atoms with E-state index in [1.54, 1.807) is 22.7 Å². The minimum absolute atomic E-state index is 0.509. The molecule has 0 saturated heterocycles. The third-order valence-corrected chi connectivity index (χ3v) is 4.10. The monoisotopic (exact) mass is 252 g/mol. The predicted octanol–water partition coefficient (Wildman–Crippen LogP) is 3.68. The Morgan fingerprint density at radius 2 is 2.25 bits per heavy atom. The Balaban J connectivity index is 2.16. The number of thiazole rings is 1. The summed E-state index contributed by atoms with van der Waals surface area (Å²) in [6, 6.07) is 4.71. The van der Waals surface area contributed by atoms with Crippen LogP contribution in [0.15, 0.2) is 17.5 Å². The van der Waals surface area contributed by atoms with Gasteiger partial charge in [0.25, 0.3) is 0 Å². The highest BCUT2D eigenvalue weighted by atomic mass is 32.1. The van der Waals surface area contributed by atoms with Gasteiger partial charge in [-0.1, -0.05) is 19.9 Å². The third kappa shape index (κ3) is 2.70. The summed E-state index contributed by atoms with van der Waals surface area (Å²) in [4.78, 5) is 7.27. The summed E-state index contributed by atoms with van der Waals surface area (Å²) in [6.07, 6.45) is 0. The Kier molecular flexibility index (Phi) is 3.74. The number of thiophene rings is 1. The van der Waals surface area contributed by atoms with Crippen LogP contribution in [0, 0.1) is 6.92 Å². The molecule has 0 aliphatic rings. The Labute approximate surface area is 104 Å².